The number of ether oxygens (including phenoxy) is 1. The molecule has 17 heavy (non-hydrogen) atoms. The molecule has 1 rings (SSSR count). The van der Waals surface area contributed by atoms with Crippen LogP contribution < -0.4 is 5.32 Å². The van der Waals surface area contributed by atoms with Gasteiger partial charge >= 0.3 is 0 Å². The van der Waals surface area contributed by atoms with Crippen LogP contribution in [-0.4, -0.2) is 19.8 Å². The summed E-state index contributed by atoms with van der Waals surface area (Å²) in [6, 6.07) is 5.00. The summed E-state index contributed by atoms with van der Waals surface area (Å²) in [5, 5.41) is 3.55. The minimum atomic E-state index is 0.445. The molecule has 0 aliphatic carbocycles. The van der Waals surface area contributed by atoms with E-state index >= 15 is 0 Å². The van der Waals surface area contributed by atoms with Crippen molar-refractivity contribution in [1.82, 2.24) is 5.32 Å². The lowest BCUT2D eigenvalue weighted by Crippen LogP contribution is -2.32. The number of methoxy groups -OCH3 is 1. The van der Waals surface area contributed by atoms with Gasteiger partial charge in [-0.25, -0.2) is 0 Å². The summed E-state index contributed by atoms with van der Waals surface area (Å²) >= 11 is 0. The molecule has 0 aromatic heterocycles. The van der Waals surface area contributed by atoms with Crippen molar-refractivity contribution in [2.45, 2.75) is 46.7 Å². The molecule has 0 fully saturated rings. The van der Waals surface area contributed by atoms with Gasteiger partial charge in [0.1, 0.15) is 0 Å². The first kappa shape index (κ1) is 14.2. The third-order valence-corrected chi connectivity index (χ3v) is 3.39. The van der Waals surface area contributed by atoms with E-state index in [0.29, 0.717) is 6.04 Å². The van der Waals surface area contributed by atoms with Crippen LogP contribution in [0.2, 0.25) is 0 Å². The zero-order chi connectivity index (χ0) is 12.8. The minimum Gasteiger partial charge on any atom is -0.383 e. The van der Waals surface area contributed by atoms with Crippen LogP contribution in [0, 0.1) is 20.8 Å². The molecule has 0 aliphatic heterocycles. The lowest BCUT2D eigenvalue weighted by molar-refractivity contribution is 0.164. The Balaban J connectivity index is 2.65. The summed E-state index contributed by atoms with van der Waals surface area (Å²) in [6.07, 6.45) is 1.09. The van der Waals surface area contributed by atoms with Crippen LogP contribution in [0.3, 0.4) is 0 Å². The lowest BCUT2D eigenvalue weighted by Gasteiger charge is -2.17. The highest BCUT2D eigenvalue weighted by Gasteiger charge is 2.07. The molecule has 1 unspecified atom stereocenters. The molecule has 1 N–H and O–H groups in total. The Bertz CT molecular complexity index is 360. The number of rotatable bonds is 6. The predicted octanol–water partition coefficient (Wildman–Crippen LogP) is 3.13. The summed E-state index contributed by atoms with van der Waals surface area (Å²) in [7, 11) is 1.76. The van der Waals surface area contributed by atoms with Crippen molar-refractivity contribution >= 4 is 0 Å². The van der Waals surface area contributed by atoms with E-state index in [4.69, 9.17) is 4.74 Å². The number of hydrogen-bond donors (Lipinski definition) is 1. The van der Waals surface area contributed by atoms with E-state index in [9.17, 15) is 0 Å². The highest BCUT2D eigenvalue weighted by Crippen LogP contribution is 2.15. The first-order chi connectivity index (χ1) is 8.08. The lowest BCUT2D eigenvalue weighted by atomic mass is 10.0. The monoisotopic (exact) mass is 235 g/mol. The van der Waals surface area contributed by atoms with Gasteiger partial charge in [0, 0.05) is 19.7 Å². The predicted molar refractivity (Wildman–Crippen MR) is 73.4 cm³/mol. The van der Waals surface area contributed by atoms with Gasteiger partial charge in [-0.15, -0.1) is 0 Å². The fourth-order valence-corrected chi connectivity index (χ4v) is 1.99. The molecule has 2 heteroatoms. The molecule has 0 saturated heterocycles. The number of benzene rings is 1. The Hall–Kier alpha value is -0.860. The smallest absolute Gasteiger partial charge is 0.0615 e. The maximum Gasteiger partial charge on any atom is 0.0615 e. The molecule has 0 amide bonds. The molecule has 1 aromatic rings. The third kappa shape index (κ3) is 4.14. The standard InChI is InChI=1S/C15H25NO/c1-6-15(10-17-5)16-9-14-8-12(3)11(2)7-13(14)4/h7-8,15-16H,6,9-10H2,1-5H3. The molecule has 0 bridgehead atoms. The maximum atomic E-state index is 5.19. The Morgan fingerprint density at radius 1 is 1.12 bits per heavy atom. The zero-order valence-corrected chi connectivity index (χ0v) is 11.8. The Labute approximate surface area is 105 Å². The van der Waals surface area contributed by atoms with Crippen molar-refractivity contribution in [3.8, 4) is 0 Å². The van der Waals surface area contributed by atoms with Crippen LogP contribution >= 0.6 is 0 Å². The average Bonchev–Trinajstić information content (AvgIpc) is 2.30. The van der Waals surface area contributed by atoms with Crippen LogP contribution in [-0.2, 0) is 11.3 Å². The van der Waals surface area contributed by atoms with Crippen molar-refractivity contribution in [2.75, 3.05) is 13.7 Å². The first-order valence-corrected chi connectivity index (χ1v) is 6.37. The highest BCUT2D eigenvalue weighted by atomic mass is 16.5. The zero-order valence-electron chi connectivity index (χ0n) is 11.8. The molecule has 0 radical (unpaired) electrons. The molecule has 2 nitrogen and oxygen atoms in total. The molecule has 1 aromatic carbocycles. The second-order valence-corrected chi connectivity index (χ2v) is 4.80. The largest absolute Gasteiger partial charge is 0.383 e. The Kier molecular flexibility index (Phi) is 5.66. The molecular formula is C15H25NO. The van der Waals surface area contributed by atoms with E-state index in [1.807, 2.05) is 0 Å². The second-order valence-electron chi connectivity index (χ2n) is 4.80. The molecule has 0 saturated carbocycles. The third-order valence-electron chi connectivity index (χ3n) is 3.39. The van der Waals surface area contributed by atoms with Gasteiger partial charge in [-0.2, -0.15) is 0 Å². The van der Waals surface area contributed by atoms with Crippen LogP contribution in [0.25, 0.3) is 0 Å². The second kappa shape index (κ2) is 6.77. The SMILES string of the molecule is CCC(COC)NCc1cc(C)c(C)cc1C. The van der Waals surface area contributed by atoms with Crippen molar-refractivity contribution in [2.24, 2.45) is 0 Å². The molecule has 0 spiro atoms. The normalized spacial score (nSPS) is 12.8. The quantitative estimate of drug-likeness (QED) is 0.818. The van der Waals surface area contributed by atoms with E-state index in [2.05, 4.69) is 45.1 Å². The van der Waals surface area contributed by atoms with Gasteiger partial charge in [-0.1, -0.05) is 19.1 Å². The van der Waals surface area contributed by atoms with Gasteiger partial charge in [0.05, 0.1) is 6.61 Å². The fourth-order valence-electron chi connectivity index (χ4n) is 1.99. The molecule has 1 atom stereocenters. The van der Waals surface area contributed by atoms with E-state index in [1.165, 1.54) is 22.3 Å². The van der Waals surface area contributed by atoms with Gasteiger partial charge in [0.15, 0.2) is 0 Å². The van der Waals surface area contributed by atoms with Crippen molar-refractivity contribution < 1.29 is 4.74 Å². The summed E-state index contributed by atoms with van der Waals surface area (Å²) in [5.74, 6) is 0. The summed E-state index contributed by atoms with van der Waals surface area (Å²) in [5.41, 5.74) is 5.50. The molecule has 96 valence electrons. The van der Waals surface area contributed by atoms with Crippen LogP contribution in [0.4, 0.5) is 0 Å². The summed E-state index contributed by atoms with van der Waals surface area (Å²) in [4.78, 5) is 0. The minimum absolute atomic E-state index is 0.445. The van der Waals surface area contributed by atoms with E-state index in [-0.39, 0.29) is 0 Å². The highest BCUT2D eigenvalue weighted by molar-refractivity contribution is 5.36. The molecular weight excluding hydrogens is 210 g/mol. The van der Waals surface area contributed by atoms with Gasteiger partial charge < -0.3 is 10.1 Å². The topological polar surface area (TPSA) is 21.3 Å². The van der Waals surface area contributed by atoms with E-state index < -0.39 is 0 Å². The molecule has 0 aliphatic rings. The number of hydrogen-bond acceptors (Lipinski definition) is 2. The van der Waals surface area contributed by atoms with Crippen LogP contribution in [0.1, 0.15) is 35.6 Å². The van der Waals surface area contributed by atoms with Gasteiger partial charge in [-0.3, -0.25) is 0 Å². The molecule has 0 heterocycles. The van der Waals surface area contributed by atoms with Gasteiger partial charge in [-0.05, 0) is 49.4 Å². The van der Waals surface area contributed by atoms with Gasteiger partial charge in [0.2, 0.25) is 0 Å². The fraction of sp³-hybridized carbons (Fsp3) is 0.600. The Morgan fingerprint density at radius 3 is 2.35 bits per heavy atom. The van der Waals surface area contributed by atoms with Gasteiger partial charge in [0.25, 0.3) is 0 Å². The number of aryl methyl sites for hydroxylation is 3. The summed E-state index contributed by atoms with van der Waals surface area (Å²) < 4.78 is 5.19. The maximum absolute atomic E-state index is 5.19. The average molecular weight is 235 g/mol. The Morgan fingerprint density at radius 2 is 1.76 bits per heavy atom. The van der Waals surface area contributed by atoms with E-state index in [0.717, 1.165) is 19.6 Å². The van der Waals surface area contributed by atoms with Crippen LogP contribution in [0.5, 0.6) is 0 Å². The van der Waals surface area contributed by atoms with Crippen molar-refractivity contribution in [3.63, 3.8) is 0 Å². The summed E-state index contributed by atoms with van der Waals surface area (Å²) in [6.45, 7) is 10.4. The first-order valence-electron chi connectivity index (χ1n) is 6.37. The van der Waals surface area contributed by atoms with Crippen LogP contribution in [0.15, 0.2) is 12.1 Å². The van der Waals surface area contributed by atoms with Crippen molar-refractivity contribution in [1.29, 1.82) is 0 Å². The number of nitrogens with one attached hydrogen (secondary N) is 1. The van der Waals surface area contributed by atoms with Crippen molar-refractivity contribution in [3.05, 3.63) is 34.4 Å². The van der Waals surface area contributed by atoms with E-state index in [1.54, 1.807) is 7.11 Å².